The summed E-state index contributed by atoms with van der Waals surface area (Å²) < 4.78 is 5.38. The Bertz CT molecular complexity index is 786. The number of Topliss-reactive ketones (excluding diaryl/α,β-unsaturated/α-hetero) is 1. The van der Waals surface area contributed by atoms with Gasteiger partial charge in [-0.1, -0.05) is 64.5 Å². The van der Waals surface area contributed by atoms with Crippen molar-refractivity contribution in [3.63, 3.8) is 0 Å². The number of fused-ring (bicyclic) bond motifs is 1. The Hall–Kier alpha value is -1.64. The molecule has 178 valence electrons. The van der Waals surface area contributed by atoms with Gasteiger partial charge in [-0.3, -0.25) is 9.59 Å². The van der Waals surface area contributed by atoms with Gasteiger partial charge in [0.1, 0.15) is 6.10 Å². The third-order valence-electron chi connectivity index (χ3n) is 8.77. The van der Waals surface area contributed by atoms with Crippen LogP contribution in [0.15, 0.2) is 35.5 Å². The maximum atomic E-state index is 12.5. The number of ether oxygens (including phenoxy) is 1. The molecule has 3 heteroatoms. The summed E-state index contributed by atoms with van der Waals surface area (Å²) in [6, 6.07) is 0. The largest absolute Gasteiger partial charge is 0.462 e. The van der Waals surface area contributed by atoms with Crippen LogP contribution in [0.25, 0.3) is 0 Å². The molecule has 0 radical (unpaired) electrons. The average Bonchev–Trinajstić information content (AvgIpc) is 3.09. The van der Waals surface area contributed by atoms with E-state index < -0.39 is 0 Å². The Kier molecular flexibility index (Phi) is 8.22. The third-order valence-corrected chi connectivity index (χ3v) is 8.77. The first-order valence-electron chi connectivity index (χ1n) is 12.9. The van der Waals surface area contributed by atoms with Crippen LogP contribution >= 0.6 is 0 Å². The molecule has 0 N–H and O–H groups in total. The van der Waals surface area contributed by atoms with E-state index in [1.54, 1.807) is 0 Å². The summed E-state index contributed by atoms with van der Waals surface area (Å²) in [6.07, 6.45) is 17.0. The van der Waals surface area contributed by atoms with E-state index >= 15 is 0 Å². The maximum absolute atomic E-state index is 12.5. The van der Waals surface area contributed by atoms with Crippen LogP contribution in [0.1, 0.15) is 92.9 Å². The number of ketones is 1. The van der Waals surface area contributed by atoms with Gasteiger partial charge in [0.2, 0.25) is 0 Å². The van der Waals surface area contributed by atoms with Gasteiger partial charge in [-0.15, -0.1) is 0 Å². The van der Waals surface area contributed by atoms with Gasteiger partial charge in [-0.05, 0) is 79.1 Å². The lowest BCUT2D eigenvalue weighted by molar-refractivity contribution is -0.148. The first-order valence-corrected chi connectivity index (χ1v) is 12.9. The van der Waals surface area contributed by atoms with Crippen LogP contribution in [0.3, 0.4) is 0 Å². The fourth-order valence-corrected chi connectivity index (χ4v) is 6.47. The van der Waals surface area contributed by atoms with Gasteiger partial charge in [-0.2, -0.15) is 0 Å². The predicted octanol–water partition coefficient (Wildman–Crippen LogP) is 7.22. The molecule has 0 aliphatic heterocycles. The number of hydrogen-bond donors (Lipinski definition) is 0. The second kappa shape index (κ2) is 10.5. The summed E-state index contributed by atoms with van der Waals surface area (Å²) in [7, 11) is 0. The molecule has 3 aliphatic carbocycles. The highest BCUT2D eigenvalue weighted by molar-refractivity contribution is 5.96. The number of hydrogen-bond acceptors (Lipinski definition) is 3. The molecule has 0 aromatic carbocycles. The number of allylic oxidation sites excluding steroid dienone is 5. The Morgan fingerprint density at radius 1 is 1.06 bits per heavy atom. The number of carbonyl (C=O) groups excluding carboxylic acids is 2. The highest BCUT2D eigenvalue weighted by Crippen LogP contribution is 2.59. The van der Waals surface area contributed by atoms with E-state index in [1.165, 1.54) is 38.2 Å². The molecule has 3 rings (SSSR count). The van der Waals surface area contributed by atoms with Crippen molar-refractivity contribution < 1.29 is 14.3 Å². The molecule has 0 aromatic rings. The molecule has 0 amide bonds. The van der Waals surface area contributed by atoms with Crippen molar-refractivity contribution in [1.29, 1.82) is 0 Å². The van der Waals surface area contributed by atoms with E-state index in [-0.39, 0.29) is 17.9 Å². The van der Waals surface area contributed by atoms with Gasteiger partial charge in [0.15, 0.2) is 5.78 Å². The summed E-state index contributed by atoms with van der Waals surface area (Å²) in [5.41, 5.74) is 2.71. The first-order chi connectivity index (χ1) is 15.1. The minimum Gasteiger partial charge on any atom is -0.462 e. The lowest BCUT2D eigenvalue weighted by Gasteiger charge is -2.44. The van der Waals surface area contributed by atoms with Crippen molar-refractivity contribution in [2.75, 3.05) is 0 Å². The minimum atomic E-state index is -0.256. The predicted molar refractivity (Wildman–Crippen MR) is 131 cm³/mol. The van der Waals surface area contributed by atoms with Crippen molar-refractivity contribution >= 4 is 11.8 Å². The molecular formula is C29H44O3. The number of esters is 1. The van der Waals surface area contributed by atoms with Crippen LogP contribution < -0.4 is 0 Å². The molecule has 2 unspecified atom stereocenters. The molecule has 0 heterocycles. The van der Waals surface area contributed by atoms with E-state index in [0.29, 0.717) is 48.3 Å². The van der Waals surface area contributed by atoms with Gasteiger partial charge in [0, 0.05) is 19.8 Å². The van der Waals surface area contributed by atoms with Gasteiger partial charge in [0.25, 0.3) is 0 Å². The molecule has 0 saturated heterocycles. The van der Waals surface area contributed by atoms with Gasteiger partial charge in [-0.25, -0.2) is 0 Å². The topological polar surface area (TPSA) is 43.4 Å². The van der Waals surface area contributed by atoms with Gasteiger partial charge < -0.3 is 4.74 Å². The fourth-order valence-electron chi connectivity index (χ4n) is 6.47. The van der Waals surface area contributed by atoms with Crippen molar-refractivity contribution in [3.8, 4) is 0 Å². The van der Waals surface area contributed by atoms with Crippen LogP contribution in [0.2, 0.25) is 0 Å². The Balaban J connectivity index is 1.74. The summed E-state index contributed by atoms with van der Waals surface area (Å²) in [6.45, 7) is 13.3. The zero-order chi connectivity index (χ0) is 23.5. The smallest absolute Gasteiger partial charge is 0.302 e. The van der Waals surface area contributed by atoms with Crippen LogP contribution in [0, 0.1) is 35.0 Å². The maximum Gasteiger partial charge on any atom is 0.302 e. The lowest BCUT2D eigenvalue weighted by atomic mass is 9.61. The summed E-state index contributed by atoms with van der Waals surface area (Å²) >= 11 is 0. The molecule has 6 atom stereocenters. The molecule has 0 aromatic heterocycles. The number of rotatable bonds is 6. The van der Waals surface area contributed by atoms with Crippen LogP contribution in [0.5, 0.6) is 0 Å². The van der Waals surface area contributed by atoms with E-state index in [2.05, 4.69) is 58.9 Å². The molecule has 0 bridgehead atoms. The van der Waals surface area contributed by atoms with Gasteiger partial charge in [0.05, 0.1) is 0 Å². The van der Waals surface area contributed by atoms with Crippen molar-refractivity contribution in [3.05, 3.63) is 35.5 Å². The Labute approximate surface area is 195 Å². The normalized spacial score (nSPS) is 35.5. The Morgan fingerprint density at radius 2 is 1.81 bits per heavy atom. The highest BCUT2D eigenvalue weighted by Gasteiger charge is 2.50. The van der Waals surface area contributed by atoms with Crippen LogP contribution in [-0.2, 0) is 14.3 Å². The van der Waals surface area contributed by atoms with E-state index in [4.69, 9.17) is 4.74 Å². The van der Waals surface area contributed by atoms with E-state index in [1.807, 2.05) is 0 Å². The molecule has 32 heavy (non-hydrogen) atoms. The molecule has 3 nitrogen and oxygen atoms in total. The van der Waals surface area contributed by atoms with Crippen molar-refractivity contribution in [2.45, 2.75) is 99.0 Å². The second-order valence-electron chi connectivity index (χ2n) is 11.3. The summed E-state index contributed by atoms with van der Waals surface area (Å²) in [4.78, 5) is 23.8. The van der Waals surface area contributed by atoms with Crippen LogP contribution in [-0.4, -0.2) is 17.9 Å². The number of carbonyl (C=O) groups is 2. The standard InChI is InChI=1S/C29H44O3/c1-19(2)20(3)9-10-21(4)26-14-15-27-23(8-7-17-29(26,27)6)11-12-24-18-25(32-22(5)30)13-16-28(24)31/h9-12,19-21,25-27H,7-8,13-18H2,1-6H3/b10-9+,23-11+,24-12-/t20-,21?,25-,26+,27?,29+/m0/s1. The lowest BCUT2D eigenvalue weighted by Crippen LogP contribution is -2.35. The third kappa shape index (κ3) is 5.64. The first kappa shape index (κ1) is 25.0. The molecule has 3 fully saturated rings. The zero-order valence-corrected chi connectivity index (χ0v) is 21.2. The van der Waals surface area contributed by atoms with E-state index in [0.717, 1.165) is 17.9 Å². The summed E-state index contributed by atoms with van der Waals surface area (Å²) in [5, 5.41) is 0. The zero-order valence-electron chi connectivity index (χ0n) is 21.2. The molecule has 0 spiro atoms. The highest BCUT2D eigenvalue weighted by atomic mass is 16.5. The monoisotopic (exact) mass is 440 g/mol. The van der Waals surface area contributed by atoms with Crippen molar-refractivity contribution in [1.82, 2.24) is 0 Å². The van der Waals surface area contributed by atoms with E-state index in [9.17, 15) is 9.59 Å². The molecular weight excluding hydrogens is 396 g/mol. The fraction of sp³-hybridized carbons (Fsp3) is 0.724. The average molecular weight is 441 g/mol. The SMILES string of the molecule is CC(=O)O[C@H]1CCC(=O)/C(=C\C=C2/CCC[C@@]3(C)C2CC[C@@H]3C(C)/C=C/[C@H](C)C(C)C)C1. The quantitative estimate of drug-likeness (QED) is 0.249. The minimum absolute atomic E-state index is 0.150. The Morgan fingerprint density at radius 3 is 2.50 bits per heavy atom. The van der Waals surface area contributed by atoms with Crippen molar-refractivity contribution in [2.24, 2.45) is 35.0 Å². The molecule has 3 saturated carbocycles. The second-order valence-corrected chi connectivity index (χ2v) is 11.3. The summed E-state index contributed by atoms with van der Waals surface area (Å²) in [5.74, 6) is 3.22. The molecule has 3 aliphatic rings. The van der Waals surface area contributed by atoms with Gasteiger partial charge >= 0.3 is 5.97 Å². The van der Waals surface area contributed by atoms with Crippen LogP contribution in [0.4, 0.5) is 0 Å².